The second-order valence-electron chi connectivity index (χ2n) is 8.04. The van der Waals surface area contributed by atoms with Crippen LogP contribution in [0.25, 0.3) is 0 Å². The first-order valence-electron chi connectivity index (χ1n) is 8.04. The summed E-state index contributed by atoms with van der Waals surface area (Å²) in [7, 11) is 0. The molecule has 0 saturated carbocycles. The Bertz CT molecular complexity index is 707. The summed E-state index contributed by atoms with van der Waals surface area (Å²) in [4.78, 5) is 4.46. The van der Waals surface area contributed by atoms with Gasteiger partial charge in [-0.1, -0.05) is 77.6 Å². The van der Waals surface area contributed by atoms with Crippen molar-refractivity contribution in [1.82, 2.24) is 0 Å². The summed E-state index contributed by atoms with van der Waals surface area (Å²) in [5, 5.41) is 12.8. The third kappa shape index (κ3) is 5.00. The van der Waals surface area contributed by atoms with E-state index in [1.54, 1.807) is 6.21 Å². The fourth-order valence-electron chi connectivity index (χ4n) is 2.40. The predicted molar refractivity (Wildman–Crippen MR) is 97.0 cm³/mol. The summed E-state index contributed by atoms with van der Waals surface area (Å²) in [6.45, 7) is 12.7. The van der Waals surface area contributed by atoms with E-state index in [0.29, 0.717) is 5.56 Å². The topological polar surface area (TPSA) is 35.4 Å². The van der Waals surface area contributed by atoms with E-state index < -0.39 is 0 Å². The summed E-state index contributed by atoms with van der Waals surface area (Å²) >= 11 is 0. The zero-order chi connectivity index (χ0) is 17.3. The molecule has 0 saturated heterocycles. The molecule has 2 rings (SSSR count). The fraction of sp³-hybridized carbons (Fsp3) is 0.381. The van der Waals surface area contributed by atoms with Gasteiger partial charge < -0.3 is 5.11 Å². The third-order valence-electron chi connectivity index (χ3n) is 3.90. The van der Waals surface area contributed by atoms with Crippen molar-refractivity contribution < 1.29 is 24.0 Å². The standard InChI is InChI=1S/C21H27NO.Li/c1-20(2,3)16-12-15(14-22-17-10-8-7-9-11-17)19(23)18(13-16)21(4,5)6;/h7-14,23H,1-6H3;/q;+1/p-1. The number of rotatable bonds is 2. The van der Waals surface area contributed by atoms with Gasteiger partial charge in [-0.25, -0.2) is 0 Å². The van der Waals surface area contributed by atoms with Crippen LogP contribution in [0, 0.1) is 0 Å². The van der Waals surface area contributed by atoms with Crippen LogP contribution in [0.1, 0.15) is 58.2 Å². The van der Waals surface area contributed by atoms with Gasteiger partial charge in [-0.05, 0) is 39.7 Å². The minimum absolute atomic E-state index is 0. The molecule has 0 fully saturated rings. The van der Waals surface area contributed by atoms with Crippen LogP contribution >= 0.6 is 0 Å². The van der Waals surface area contributed by atoms with E-state index in [9.17, 15) is 5.11 Å². The fourth-order valence-corrected chi connectivity index (χ4v) is 2.40. The Morgan fingerprint density at radius 1 is 0.875 bits per heavy atom. The minimum Gasteiger partial charge on any atom is -0.872 e. The van der Waals surface area contributed by atoms with E-state index in [2.05, 4.69) is 52.6 Å². The molecule has 0 unspecified atom stereocenters. The molecule has 0 amide bonds. The first-order valence-corrected chi connectivity index (χ1v) is 8.04. The average molecular weight is 315 g/mol. The average Bonchev–Trinajstić information content (AvgIpc) is 2.44. The van der Waals surface area contributed by atoms with Gasteiger partial charge in [0.05, 0.1) is 5.69 Å². The molecule has 2 nitrogen and oxygen atoms in total. The van der Waals surface area contributed by atoms with E-state index >= 15 is 0 Å². The molecule has 0 aliphatic heterocycles. The molecule has 24 heavy (non-hydrogen) atoms. The van der Waals surface area contributed by atoms with Gasteiger partial charge in [0.1, 0.15) is 0 Å². The number of hydrogen-bond acceptors (Lipinski definition) is 2. The molecule has 122 valence electrons. The molecule has 0 atom stereocenters. The summed E-state index contributed by atoms with van der Waals surface area (Å²) < 4.78 is 0. The molecule has 0 aliphatic rings. The quantitative estimate of drug-likeness (QED) is 0.617. The summed E-state index contributed by atoms with van der Waals surface area (Å²) in [6.07, 6.45) is 1.70. The predicted octanol–water partition coefficient (Wildman–Crippen LogP) is 2.11. The normalized spacial score (nSPS) is 12.2. The van der Waals surface area contributed by atoms with Gasteiger partial charge >= 0.3 is 18.9 Å². The molecule has 0 N–H and O–H groups in total. The zero-order valence-corrected chi connectivity index (χ0v) is 16.0. The van der Waals surface area contributed by atoms with Crippen molar-refractivity contribution >= 4 is 11.9 Å². The van der Waals surface area contributed by atoms with Gasteiger partial charge in [0.15, 0.2) is 0 Å². The van der Waals surface area contributed by atoms with E-state index in [-0.39, 0.29) is 35.4 Å². The van der Waals surface area contributed by atoms with Gasteiger partial charge in [0.2, 0.25) is 0 Å². The Hall–Kier alpha value is -1.49. The monoisotopic (exact) mass is 315 g/mol. The maximum absolute atomic E-state index is 12.8. The van der Waals surface area contributed by atoms with Crippen LogP contribution < -0.4 is 24.0 Å². The van der Waals surface area contributed by atoms with Crippen LogP contribution in [-0.2, 0) is 10.8 Å². The van der Waals surface area contributed by atoms with Gasteiger partial charge in [-0.3, -0.25) is 4.99 Å². The SMILES string of the molecule is CC(C)(C)c1cc(C=Nc2ccccc2)c([O-])c(C(C)(C)C)c1.[Li+]. The molecule has 0 heterocycles. The smallest absolute Gasteiger partial charge is 0.872 e. The Balaban J connectivity index is 0.00000288. The molecular weight excluding hydrogens is 289 g/mol. The molecule has 2 aromatic rings. The van der Waals surface area contributed by atoms with Crippen LogP contribution in [0.3, 0.4) is 0 Å². The van der Waals surface area contributed by atoms with Crippen LogP contribution in [0.4, 0.5) is 5.69 Å². The van der Waals surface area contributed by atoms with Gasteiger partial charge in [-0.2, -0.15) is 0 Å². The molecule has 2 aromatic carbocycles. The van der Waals surface area contributed by atoms with Crippen molar-refractivity contribution in [3.05, 3.63) is 59.2 Å². The molecule has 0 radical (unpaired) electrons. The number of para-hydroxylation sites is 1. The van der Waals surface area contributed by atoms with Gasteiger partial charge in [0.25, 0.3) is 0 Å². The largest absolute Gasteiger partial charge is 1.00 e. The molecular formula is C21H26LiNO. The van der Waals surface area contributed by atoms with Crippen LogP contribution in [0.5, 0.6) is 5.75 Å². The molecule has 0 aliphatic carbocycles. The van der Waals surface area contributed by atoms with Crippen molar-refractivity contribution in [2.24, 2.45) is 4.99 Å². The Kier molecular flexibility index (Phi) is 6.50. The first-order chi connectivity index (χ1) is 10.6. The Morgan fingerprint density at radius 2 is 1.46 bits per heavy atom. The Morgan fingerprint density at radius 3 is 1.96 bits per heavy atom. The molecule has 0 spiro atoms. The van der Waals surface area contributed by atoms with E-state index in [1.165, 1.54) is 0 Å². The van der Waals surface area contributed by atoms with Crippen molar-refractivity contribution in [2.75, 3.05) is 0 Å². The van der Waals surface area contributed by atoms with Crippen molar-refractivity contribution in [3.8, 4) is 5.75 Å². The van der Waals surface area contributed by atoms with Gasteiger partial charge in [-0.15, -0.1) is 0 Å². The van der Waals surface area contributed by atoms with Crippen LogP contribution in [0.15, 0.2) is 47.5 Å². The molecule has 3 heteroatoms. The first kappa shape index (κ1) is 20.6. The summed E-state index contributed by atoms with van der Waals surface area (Å²) in [6, 6.07) is 13.7. The number of benzene rings is 2. The van der Waals surface area contributed by atoms with Crippen LogP contribution in [0.2, 0.25) is 0 Å². The molecule has 0 aromatic heterocycles. The number of nitrogens with zero attached hydrogens (tertiary/aromatic N) is 1. The summed E-state index contributed by atoms with van der Waals surface area (Å²) in [5.74, 6) is 0.0742. The third-order valence-corrected chi connectivity index (χ3v) is 3.90. The number of hydrogen-bond donors (Lipinski definition) is 0. The van der Waals surface area contributed by atoms with E-state index in [0.717, 1.165) is 16.8 Å². The van der Waals surface area contributed by atoms with E-state index in [1.807, 2.05) is 36.4 Å². The van der Waals surface area contributed by atoms with E-state index in [4.69, 9.17) is 0 Å². The second kappa shape index (κ2) is 7.60. The van der Waals surface area contributed by atoms with Gasteiger partial charge in [0, 0.05) is 6.21 Å². The van der Waals surface area contributed by atoms with Crippen LogP contribution in [-0.4, -0.2) is 6.21 Å². The van der Waals surface area contributed by atoms with Crippen molar-refractivity contribution in [3.63, 3.8) is 0 Å². The molecule has 0 bridgehead atoms. The maximum Gasteiger partial charge on any atom is 1.00 e. The zero-order valence-electron chi connectivity index (χ0n) is 16.0. The maximum atomic E-state index is 12.8. The Labute approximate surface area is 158 Å². The van der Waals surface area contributed by atoms with Crippen molar-refractivity contribution in [1.29, 1.82) is 0 Å². The second-order valence-corrected chi connectivity index (χ2v) is 8.04. The van der Waals surface area contributed by atoms with Crippen molar-refractivity contribution in [2.45, 2.75) is 52.4 Å². The summed E-state index contributed by atoms with van der Waals surface area (Å²) in [5.41, 5.74) is 3.32. The minimum atomic E-state index is -0.187. The number of aliphatic imine (C=N–C) groups is 1.